The fraction of sp³-hybridized carbons (Fsp3) is 0.391. The Morgan fingerprint density at radius 1 is 1.06 bits per heavy atom. The standard InChI is InChI=1S/C23H24ClF4N3O3/c1-22(2,3)34-21(33)31-11-18(13-4-6-16(25)7-5-13)19(12-31)30-20(32)29-17-9-14(23(26,27)28)8-15(24)10-17/h4-10,18-19H,11-12H2,1-3H3,(H2,29,30,32)/t18-,19+/m0/s1. The molecule has 0 bridgehead atoms. The van der Waals surface area contributed by atoms with E-state index in [1.807, 2.05) is 0 Å². The van der Waals surface area contributed by atoms with Gasteiger partial charge in [-0.2, -0.15) is 13.2 Å². The highest BCUT2D eigenvalue weighted by molar-refractivity contribution is 6.31. The summed E-state index contributed by atoms with van der Waals surface area (Å²) in [6, 6.07) is 6.97. The Kier molecular flexibility index (Phi) is 7.30. The number of carbonyl (C=O) groups is 2. The van der Waals surface area contributed by atoms with Crippen molar-refractivity contribution in [3.8, 4) is 0 Å². The summed E-state index contributed by atoms with van der Waals surface area (Å²) in [7, 11) is 0. The molecule has 1 saturated heterocycles. The van der Waals surface area contributed by atoms with Crippen molar-refractivity contribution in [2.45, 2.75) is 44.5 Å². The summed E-state index contributed by atoms with van der Waals surface area (Å²) in [4.78, 5) is 26.6. The molecule has 2 N–H and O–H groups in total. The van der Waals surface area contributed by atoms with E-state index in [0.717, 1.165) is 12.1 Å². The quantitative estimate of drug-likeness (QED) is 0.505. The van der Waals surface area contributed by atoms with Crippen LogP contribution >= 0.6 is 11.6 Å². The summed E-state index contributed by atoms with van der Waals surface area (Å²) in [5.74, 6) is -0.835. The van der Waals surface area contributed by atoms with Gasteiger partial charge in [0.15, 0.2) is 0 Å². The SMILES string of the molecule is CC(C)(C)OC(=O)N1C[C@@H](NC(=O)Nc2cc(Cl)cc(C(F)(F)F)c2)[C@H](c2ccc(F)cc2)C1. The van der Waals surface area contributed by atoms with Crippen molar-refractivity contribution in [3.63, 3.8) is 0 Å². The van der Waals surface area contributed by atoms with Crippen LogP contribution in [-0.4, -0.2) is 41.8 Å². The fourth-order valence-corrected chi connectivity index (χ4v) is 3.87. The molecule has 184 valence electrons. The number of hydrogen-bond acceptors (Lipinski definition) is 3. The van der Waals surface area contributed by atoms with Gasteiger partial charge < -0.3 is 20.3 Å². The van der Waals surface area contributed by atoms with Crippen LogP contribution in [0.25, 0.3) is 0 Å². The molecule has 1 fully saturated rings. The number of nitrogens with zero attached hydrogens (tertiary/aromatic N) is 1. The summed E-state index contributed by atoms with van der Waals surface area (Å²) in [6.45, 7) is 5.46. The second-order valence-corrected chi connectivity index (χ2v) is 9.41. The number of anilines is 1. The van der Waals surface area contributed by atoms with Crippen LogP contribution in [0.15, 0.2) is 42.5 Å². The highest BCUT2D eigenvalue weighted by atomic mass is 35.5. The number of ether oxygens (including phenoxy) is 1. The van der Waals surface area contributed by atoms with Crippen molar-refractivity contribution in [1.29, 1.82) is 0 Å². The van der Waals surface area contributed by atoms with Crippen LogP contribution in [0, 0.1) is 5.82 Å². The predicted octanol–water partition coefficient (Wildman–Crippen LogP) is 6.02. The molecule has 1 aliphatic heterocycles. The monoisotopic (exact) mass is 501 g/mol. The third-order valence-electron chi connectivity index (χ3n) is 5.07. The van der Waals surface area contributed by atoms with Crippen LogP contribution in [0.2, 0.25) is 5.02 Å². The zero-order chi connectivity index (χ0) is 25.3. The smallest absolute Gasteiger partial charge is 0.416 e. The zero-order valence-electron chi connectivity index (χ0n) is 18.7. The summed E-state index contributed by atoms with van der Waals surface area (Å²) in [5, 5.41) is 4.87. The number of carbonyl (C=O) groups excluding carboxylic acids is 2. The number of urea groups is 1. The molecule has 0 aromatic heterocycles. The third kappa shape index (κ3) is 6.75. The molecule has 0 aliphatic carbocycles. The van der Waals surface area contributed by atoms with Crippen LogP contribution in [0.3, 0.4) is 0 Å². The average molecular weight is 502 g/mol. The predicted molar refractivity (Wildman–Crippen MR) is 119 cm³/mol. The summed E-state index contributed by atoms with van der Waals surface area (Å²) >= 11 is 5.77. The molecule has 1 heterocycles. The van der Waals surface area contributed by atoms with Crippen molar-refractivity contribution >= 4 is 29.4 Å². The first kappa shape index (κ1) is 25.6. The van der Waals surface area contributed by atoms with Gasteiger partial charge in [-0.05, 0) is 56.7 Å². The second-order valence-electron chi connectivity index (χ2n) is 8.97. The van der Waals surface area contributed by atoms with Gasteiger partial charge in [0.2, 0.25) is 0 Å². The van der Waals surface area contributed by atoms with E-state index in [4.69, 9.17) is 16.3 Å². The molecular formula is C23H24ClF4N3O3. The molecule has 3 rings (SSSR count). The van der Waals surface area contributed by atoms with Crippen LogP contribution in [0.5, 0.6) is 0 Å². The Labute approximate surface area is 199 Å². The number of halogens is 5. The van der Waals surface area contributed by atoms with E-state index < -0.39 is 47.2 Å². The van der Waals surface area contributed by atoms with Gasteiger partial charge in [0.05, 0.1) is 11.6 Å². The maximum atomic E-state index is 13.4. The average Bonchev–Trinajstić information content (AvgIpc) is 3.10. The highest BCUT2D eigenvalue weighted by Gasteiger charge is 2.39. The maximum absolute atomic E-state index is 13.4. The Balaban J connectivity index is 1.78. The van der Waals surface area contributed by atoms with Gasteiger partial charge >= 0.3 is 18.3 Å². The number of benzene rings is 2. The van der Waals surface area contributed by atoms with Crippen molar-refractivity contribution < 1.29 is 31.9 Å². The largest absolute Gasteiger partial charge is 0.444 e. The van der Waals surface area contributed by atoms with Crippen molar-refractivity contribution in [2.75, 3.05) is 18.4 Å². The number of nitrogens with one attached hydrogen (secondary N) is 2. The molecule has 11 heteroatoms. The summed E-state index contributed by atoms with van der Waals surface area (Å²) in [5.41, 5.74) is -1.19. The van der Waals surface area contributed by atoms with Gasteiger partial charge in [0.1, 0.15) is 11.4 Å². The normalized spacial score (nSPS) is 18.5. The highest BCUT2D eigenvalue weighted by Crippen LogP contribution is 2.33. The first-order chi connectivity index (χ1) is 15.7. The molecule has 2 aromatic rings. The van der Waals surface area contributed by atoms with Gasteiger partial charge in [0.25, 0.3) is 0 Å². The first-order valence-electron chi connectivity index (χ1n) is 10.4. The molecular weight excluding hydrogens is 478 g/mol. The lowest BCUT2D eigenvalue weighted by atomic mass is 9.94. The minimum atomic E-state index is -4.63. The van der Waals surface area contributed by atoms with E-state index >= 15 is 0 Å². The van der Waals surface area contributed by atoms with E-state index in [1.54, 1.807) is 32.9 Å². The Bertz CT molecular complexity index is 1050. The van der Waals surface area contributed by atoms with Gasteiger partial charge in [-0.1, -0.05) is 23.7 Å². The fourth-order valence-electron chi connectivity index (χ4n) is 3.63. The van der Waals surface area contributed by atoms with E-state index in [1.165, 1.54) is 23.1 Å². The van der Waals surface area contributed by atoms with Crippen molar-refractivity contribution in [3.05, 3.63) is 64.4 Å². The van der Waals surface area contributed by atoms with Gasteiger partial charge in [-0.15, -0.1) is 0 Å². The Hall–Kier alpha value is -3.01. The van der Waals surface area contributed by atoms with E-state index in [2.05, 4.69) is 10.6 Å². The van der Waals surface area contributed by atoms with Gasteiger partial charge in [-0.25, -0.2) is 14.0 Å². The molecule has 2 atom stereocenters. The second kappa shape index (κ2) is 9.69. The molecule has 1 aliphatic rings. The maximum Gasteiger partial charge on any atom is 0.416 e. The molecule has 0 spiro atoms. The lowest BCUT2D eigenvalue weighted by molar-refractivity contribution is -0.137. The van der Waals surface area contributed by atoms with Crippen LogP contribution in [-0.2, 0) is 10.9 Å². The number of alkyl halides is 3. The first-order valence-corrected chi connectivity index (χ1v) is 10.8. The molecule has 34 heavy (non-hydrogen) atoms. The third-order valence-corrected chi connectivity index (χ3v) is 5.29. The molecule has 0 saturated carbocycles. The molecule has 6 nitrogen and oxygen atoms in total. The van der Waals surface area contributed by atoms with Crippen molar-refractivity contribution in [2.24, 2.45) is 0 Å². The number of rotatable bonds is 3. The number of likely N-dealkylation sites (tertiary alicyclic amines) is 1. The van der Waals surface area contributed by atoms with E-state index in [0.29, 0.717) is 5.56 Å². The lowest BCUT2D eigenvalue weighted by Crippen LogP contribution is -2.43. The minimum absolute atomic E-state index is 0.0910. The lowest BCUT2D eigenvalue weighted by Gasteiger charge is -2.24. The summed E-state index contributed by atoms with van der Waals surface area (Å²) in [6.07, 6.45) is -5.21. The Morgan fingerprint density at radius 3 is 2.29 bits per heavy atom. The van der Waals surface area contributed by atoms with Gasteiger partial charge in [-0.3, -0.25) is 0 Å². The van der Waals surface area contributed by atoms with Gasteiger partial charge in [0, 0.05) is 29.7 Å². The van der Waals surface area contributed by atoms with Crippen LogP contribution < -0.4 is 10.6 Å². The molecule has 3 amide bonds. The molecule has 0 radical (unpaired) electrons. The van der Waals surface area contributed by atoms with Crippen molar-refractivity contribution in [1.82, 2.24) is 10.2 Å². The zero-order valence-corrected chi connectivity index (χ0v) is 19.4. The van der Waals surface area contributed by atoms with Crippen LogP contribution in [0.1, 0.15) is 37.8 Å². The van der Waals surface area contributed by atoms with E-state index in [9.17, 15) is 27.2 Å². The van der Waals surface area contributed by atoms with Crippen LogP contribution in [0.4, 0.5) is 32.8 Å². The summed E-state index contributed by atoms with van der Waals surface area (Å²) < 4.78 is 58.0. The minimum Gasteiger partial charge on any atom is -0.444 e. The number of hydrogen-bond donors (Lipinski definition) is 2. The van der Waals surface area contributed by atoms with E-state index in [-0.39, 0.29) is 23.8 Å². The molecule has 0 unspecified atom stereocenters. The molecule has 2 aromatic carbocycles. The topological polar surface area (TPSA) is 70.7 Å². The number of amides is 3. The Morgan fingerprint density at radius 2 is 1.71 bits per heavy atom.